The maximum absolute atomic E-state index is 2.43. The molecule has 1 heterocycles. The fourth-order valence-corrected chi connectivity index (χ4v) is 5.83. The van der Waals surface area contributed by atoms with Gasteiger partial charge >= 0.3 is 0 Å². The molecule has 5 rings (SSSR count). The first-order valence-corrected chi connectivity index (χ1v) is 11.4. The molecule has 0 bridgehead atoms. The van der Waals surface area contributed by atoms with Crippen LogP contribution in [0.4, 0.5) is 0 Å². The van der Waals surface area contributed by atoms with Gasteiger partial charge in [-0.15, -0.1) is 0 Å². The van der Waals surface area contributed by atoms with Crippen LogP contribution in [0.2, 0.25) is 0 Å². The van der Waals surface area contributed by atoms with E-state index in [0.717, 1.165) is 6.42 Å². The minimum atomic E-state index is 0.567. The third-order valence-electron chi connectivity index (χ3n) is 7.29. The van der Waals surface area contributed by atoms with Crippen LogP contribution in [-0.4, -0.2) is 0 Å². The summed E-state index contributed by atoms with van der Waals surface area (Å²) in [6.45, 7) is 9.18. The number of pyridine rings is 1. The first-order valence-electron chi connectivity index (χ1n) is 11.4. The van der Waals surface area contributed by atoms with Crippen LogP contribution in [0.5, 0.6) is 0 Å². The summed E-state index contributed by atoms with van der Waals surface area (Å²) in [7, 11) is 2.20. The summed E-state index contributed by atoms with van der Waals surface area (Å²) in [4.78, 5) is 0. The van der Waals surface area contributed by atoms with Crippen molar-refractivity contribution in [2.24, 2.45) is 18.9 Å². The van der Waals surface area contributed by atoms with Crippen LogP contribution < -0.4 is 4.57 Å². The Morgan fingerprint density at radius 2 is 1.63 bits per heavy atom. The Kier molecular flexibility index (Phi) is 4.65. The molecule has 0 N–H and O–H groups in total. The highest BCUT2D eigenvalue weighted by Gasteiger charge is 2.30. The van der Waals surface area contributed by atoms with E-state index < -0.39 is 0 Å². The van der Waals surface area contributed by atoms with Gasteiger partial charge in [0.25, 0.3) is 0 Å². The van der Waals surface area contributed by atoms with Crippen molar-refractivity contribution in [3.05, 3.63) is 76.6 Å². The van der Waals surface area contributed by atoms with Crippen molar-refractivity contribution in [1.29, 1.82) is 0 Å². The van der Waals surface area contributed by atoms with Crippen molar-refractivity contribution in [3.8, 4) is 0 Å². The van der Waals surface area contributed by atoms with E-state index >= 15 is 0 Å². The number of fused-ring (bicyclic) bond motifs is 5. The largest absolute Gasteiger partial charge is 0.216 e. The van der Waals surface area contributed by atoms with Crippen LogP contribution in [0.1, 0.15) is 57.4 Å². The molecule has 2 unspecified atom stereocenters. The van der Waals surface area contributed by atoms with Crippen molar-refractivity contribution in [2.45, 2.75) is 47.0 Å². The number of aryl methyl sites for hydroxylation is 2. The van der Waals surface area contributed by atoms with E-state index in [2.05, 4.69) is 94.1 Å². The number of benzene rings is 2. The monoisotopic (exact) mass is 394 g/mol. The van der Waals surface area contributed by atoms with Gasteiger partial charge in [-0.2, -0.15) is 0 Å². The molecular weight excluding hydrogens is 362 g/mol. The second kappa shape index (κ2) is 7.23. The molecule has 0 saturated carbocycles. The number of aromatic nitrogens is 1. The first-order chi connectivity index (χ1) is 14.5. The Morgan fingerprint density at radius 3 is 2.43 bits per heavy atom. The van der Waals surface area contributed by atoms with Crippen molar-refractivity contribution in [3.63, 3.8) is 0 Å². The van der Waals surface area contributed by atoms with E-state index in [4.69, 9.17) is 0 Å². The highest BCUT2D eigenvalue weighted by Crippen LogP contribution is 2.40. The Labute approximate surface area is 180 Å². The van der Waals surface area contributed by atoms with Gasteiger partial charge in [-0.3, -0.25) is 0 Å². The van der Waals surface area contributed by atoms with Gasteiger partial charge in [0.1, 0.15) is 7.05 Å². The maximum atomic E-state index is 2.43. The first kappa shape index (κ1) is 19.3. The quantitative estimate of drug-likeness (QED) is 0.320. The second-order valence-electron chi connectivity index (χ2n) is 9.41. The Hall–Kier alpha value is -2.67. The van der Waals surface area contributed by atoms with E-state index in [1.807, 2.05) is 0 Å². The van der Waals surface area contributed by atoms with Gasteiger partial charge in [0, 0.05) is 17.0 Å². The fourth-order valence-electron chi connectivity index (χ4n) is 5.83. The number of nitrogens with zero attached hydrogens (tertiary/aromatic N) is 1. The Balaban J connectivity index is 1.80. The van der Waals surface area contributed by atoms with Crippen molar-refractivity contribution >= 4 is 33.2 Å². The van der Waals surface area contributed by atoms with Crippen molar-refractivity contribution in [2.75, 3.05) is 0 Å². The summed E-state index contributed by atoms with van der Waals surface area (Å²) in [6.07, 6.45) is 13.0. The summed E-state index contributed by atoms with van der Waals surface area (Å²) in [6, 6.07) is 11.7. The molecule has 0 fully saturated rings. The zero-order chi connectivity index (χ0) is 21.0. The second-order valence-corrected chi connectivity index (χ2v) is 9.41. The molecule has 0 saturated heterocycles. The van der Waals surface area contributed by atoms with Crippen LogP contribution in [0.3, 0.4) is 0 Å². The fraction of sp³-hybridized carbons (Fsp3) is 0.345. The van der Waals surface area contributed by atoms with Crippen molar-refractivity contribution in [1.82, 2.24) is 0 Å². The average molecular weight is 395 g/mol. The lowest BCUT2D eigenvalue weighted by Crippen LogP contribution is -2.35. The van der Waals surface area contributed by atoms with Gasteiger partial charge < -0.3 is 0 Å². The van der Waals surface area contributed by atoms with Crippen LogP contribution in [-0.2, 0) is 13.5 Å². The number of hydrogen-bond donors (Lipinski definition) is 0. The summed E-state index contributed by atoms with van der Waals surface area (Å²) < 4.78 is 2.33. The van der Waals surface area contributed by atoms with E-state index in [1.54, 1.807) is 0 Å². The molecule has 30 heavy (non-hydrogen) atoms. The molecule has 2 atom stereocenters. The third kappa shape index (κ3) is 2.95. The molecule has 3 aromatic rings. The Morgan fingerprint density at radius 1 is 0.900 bits per heavy atom. The maximum Gasteiger partial charge on any atom is 0.216 e. The van der Waals surface area contributed by atoms with E-state index in [9.17, 15) is 0 Å². The van der Waals surface area contributed by atoms with Gasteiger partial charge in [-0.25, -0.2) is 4.57 Å². The number of rotatable bonds is 2. The highest BCUT2D eigenvalue weighted by atomic mass is 14.9. The van der Waals surface area contributed by atoms with E-state index in [0.29, 0.717) is 11.8 Å². The standard InChI is InChI=1S/C29H32N/c1-6-22-20(4)15-19(3)17-28(22)29-27-12-11-24-23-9-7-18(2)16-21(23)8-10-25(24)26(27)13-14-30(29)5/h8,10-17,20,22H,6-7,9H2,1-5H3/q+1. The SMILES string of the molecule is CCC1C(c2c3ccc4c5c(ccc4c3cc[n+]2C)C=C(C)CC5)=CC(C)=CC1C. The molecule has 0 spiro atoms. The van der Waals surface area contributed by atoms with Crippen LogP contribution >= 0.6 is 0 Å². The smallest absolute Gasteiger partial charge is 0.201 e. The minimum Gasteiger partial charge on any atom is -0.201 e. The van der Waals surface area contributed by atoms with E-state index in [-0.39, 0.29) is 0 Å². The van der Waals surface area contributed by atoms with Crippen LogP contribution in [0.25, 0.3) is 33.2 Å². The normalized spacial score (nSPS) is 21.3. The lowest BCUT2D eigenvalue weighted by Gasteiger charge is -2.27. The Bertz CT molecular complexity index is 1270. The molecule has 2 aromatic carbocycles. The van der Waals surface area contributed by atoms with Gasteiger partial charge in [-0.05, 0) is 79.0 Å². The highest BCUT2D eigenvalue weighted by molar-refractivity contribution is 6.11. The molecule has 1 nitrogen and oxygen atoms in total. The zero-order valence-electron chi connectivity index (χ0n) is 18.9. The molecule has 0 amide bonds. The molecular formula is C29H32N+. The summed E-state index contributed by atoms with van der Waals surface area (Å²) in [5.74, 6) is 1.14. The molecule has 152 valence electrons. The molecule has 2 aliphatic rings. The van der Waals surface area contributed by atoms with Gasteiger partial charge in [0.2, 0.25) is 5.69 Å². The van der Waals surface area contributed by atoms with Gasteiger partial charge in [0.15, 0.2) is 6.20 Å². The van der Waals surface area contributed by atoms with Crippen LogP contribution in [0, 0.1) is 11.8 Å². The molecule has 1 heteroatoms. The third-order valence-corrected chi connectivity index (χ3v) is 7.29. The predicted molar refractivity (Wildman–Crippen MR) is 129 cm³/mol. The summed E-state index contributed by atoms with van der Waals surface area (Å²) in [5, 5.41) is 5.58. The van der Waals surface area contributed by atoms with Gasteiger partial charge in [-0.1, -0.05) is 55.3 Å². The van der Waals surface area contributed by atoms with Crippen molar-refractivity contribution < 1.29 is 4.57 Å². The summed E-state index contributed by atoms with van der Waals surface area (Å²) in [5.41, 5.74) is 8.68. The topological polar surface area (TPSA) is 3.88 Å². The van der Waals surface area contributed by atoms with Gasteiger partial charge in [0.05, 0.1) is 5.39 Å². The molecule has 0 radical (unpaired) electrons. The number of allylic oxidation sites excluding steroid dienone is 5. The average Bonchev–Trinajstić information content (AvgIpc) is 2.72. The minimum absolute atomic E-state index is 0.567. The molecule has 2 aliphatic carbocycles. The summed E-state index contributed by atoms with van der Waals surface area (Å²) >= 11 is 0. The molecule has 1 aromatic heterocycles. The zero-order valence-corrected chi connectivity index (χ0v) is 18.9. The lowest BCUT2D eigenvalue weighted by atomic mass is 9.77. The van der Waals surface area contributed by atoms with E-state index in [1.165, 1.54) is 67.9 Å². The molecule has 0 aliphatic heterocycles. The predicted octanol–water partition coefficient (Wildman–Crippen LogP) is 7.17. The lowest BCUT2D eigenvalue weighted by molar-refractivity contribution is -0.672. The van der Waals surface area contributed by atoms with Crippen LogP contribution in [0.15, 0.2) is 59.8 Å². The number of hydrogen-bond acceptors (Lipinski definition) is 0.